The number of hydrogen-bond donors (Lipinski definition) is 0. The number of aliphatic imine (C=N–C) groups is 1. The molecule has 0 amide bonds. The van der Waals surface area contributed by atoms with E-state index in [1.807, 2.05) is 68.5 Å². The van der Waals surface area contributed by atoms with Crippen LogP contribution in [-0.2, 0) is 0 Å². The predicted molar refractivity (Wildman–Crippen MR) is 107 cm³/mol. The van der Waals surface area contributed by atoms with Crippen LogP contribution in [0, 0.1) is 0 Å². The van der Waals surface area contributed by atoms with E-state index in [9.17, 15) is 0 Å². The zero-order chi connectivity index (χ0) is 18.2. The Bertz CT molecular complexity index is 778. The summed E-state index contributed by atoms with van der Waals surface area (Å²) in [5, 5.41) is 0. The summed E-state index contributed by atoms with van der Waals surface area (Å²) in [7, 11) is 9.62. The van der Waals surface area contributed by atoms with E-state index in [0.717, 1.165) is 34.3 Å². The van der Waals surface area contributed by atoms with Gasteiger partial charge in [0.15, 0.2) is 0 Å². The molecule has 0 aromatic heterocycles. The normalized spacial score (nSPS) is 12.0. The topological polar surface area (TPSA) is 34.1 Å². The first-order valence-corrected chi connectivity index (χ1v) is 11.5. The molecule has 2 aromatic carbocycles. The molecule has 0 N–H and O–H groups in total. The third-order valence-electron chi connectivity index (χ3n) is 3.56. The number of anilines is 1. The fourth-order valence-corrected chi connectivity index (χ4v) is 4.59. The summed E-state index contributed by atoms with van der Waals surface area (Å²) in [5.74, 6) is 1.55. The van der Waals surface area contributed by atoms with Gasteiger partial charge in [-0.15, -0.1) is 0 Å². The second-order valence-corrected chi connectivity index (χ2v) is 7.47. The van der Waals surface area contributed by atoms with Crippen LogP contribution in [0.1, 0.15) is 13.8 Å². The van der Waals surface area contributed by atoms with Crippen molar-refractivity contribution in [3.63, 3.8) is 0 Å². The van der Waals surface area contributed by atoms with Gasteiger partial charge in [-0.05, 0) is 0 Å². The molecule has 0 aliphatic rings. The van der Waals surface area contributed by atoms with Crippen LogP contribution >= 0.6 is 10.0 Å². The number of ether oxygens (including phenoxy) is 2. The number of nitrogens with zero attached hydrogens (tertiary/aromatic N) is 2. The van der Waals surface area contributed by atoms with E-state index < -0.39 is 14.7 Å². The van der Waals surface area contributed by atoms with Crippen molar-refractivity contribution >= 4 is 41.8 Å². The standard InChI is InChI=1S/C19H21ClGeN2O2/c1-14(22-16-9-5-7-11-18(16)24-3)13-15(2)23(21-20)17-10-6-8-12-19(17)25-4/h5-13H,1-4H3/b15-13-,22-14?. The van der Waals surface area contributed by atoms with Gasteiger partial charge in [0.2, 0.25) is 0 Å². The van der Waals surface area contributed by atoms with Gasteiger partial charge in [-0.3, -0.25) is 0 Å². The van der Waals surface area contributed by atoms with Crippen molar-refractivity contribution in [2.45, 2.75) is 13.8 Å². The number of para-hydroxylation sites is 4. The molecular weight excluding hydrogens is 396 g/mol. The predicted octanol–water partition coefficient (Wildman–Crippen LogP) is 4.98. The quantitative estimate of drug-likeness (QED) is 0.471. The van der Waals surface area contributed by atoms with E-state index in [2.05, 4.69) is 8.85 Å². The van der Waals surface area contributed by atoms with E-state index in [1.165, 1.54) is 0 Å². The van der Waals surface area contributed by atoms with Gasteiger partial charge in [0, 0.05) is 0 Å². The van der Waals surface area contributed by atoms with Gasteiger partial charge in [-0.1, -0.05) is 0 Å². The summed E-state index contributed by atoms with van der Waals surface area (Å²) in [5.41, 5.74) is 3.67. The van der Waals surface area contributed by atoms with Crippen molar-refractivity contribution in [2.24, 2.45) is 4.99 Å². The van der Waals surface area contributed by atoms with Gasteiger partial charge in [0.05, 0.1) is 0 Å². The van der Waals surface area contributed by atoms with E-state index in [-0.39, 0.29) is 0 Å². The van der Waals surface area contributed by atoms with Gasteiger partial charge in [-0.2, -0.15) is 0 Å². The molecule has 0 aliphatic carbocycles. The molecule has 2 radical (unpaired) electrons. The zero-order valence-electron chi connectivity index (χ0n) is 14.8. The van der Waals surface area contributed by atoms with E-state index >= 15 is 0 Å². The Hall–Kier alpha value is -1.92. The number of halogens is 1. The molecule has 0 bridgehead atoms. The molecule has 0 heterocycles. The molecule has 25 heavy (non-hydrogen) atoms. The number of methoxy groups -OCH3 is 2. The molecule has 2 rings (SSSR count). The van der Waals surface area contributed by atoms with Gasteiger partial charge in [0.25, 0.3) is 0 Å². The first-order chi connectivity index (χ1) is 12.1. The first kappa shape index (κ1) is 19.4. The van der Waals surface area contributed by atoms with Crippen LogP contribution in [0.3, 0.4) is 0 Å². The molecule has 4 nitrogen and oxygen atoms in total. The Kier molecular flexibility index (Phi) is 7.40. The van der Waals surface area contributed by atoms with Crippen LogP contribution in [-0.4, -0.2) is 34.7 Å². The second-order valence-electron chi connectivity index (χ2n) is 5.30. The number of benzene rings is 2. The van der Waals surface area contributed by atoms with E-state index in [1.54, 1.807) is 14.2 Å². The Labute approximate surface area is 160 Å². The average molecular weight is 417 g/mol. The van der Waals surface area contributed by atoms with Crippen molar-refractivity contribution in [3.8, 4) is 11.5 Å². The molecule has 0 saturated heterocycles. The van der Waals surface area contributed by atoms with Crippen molar-refractivity contribution in [1.82, 2.24) is 0 Å². The Morgan fingerprint density at radius 2 is 1.60 bits per heavy atom. The Morgan fingerprint density at radius 3 is 2.24 bits per heavy atom. The van der Waals surface area contributed by atoms with Crippen molar-refractivity contribution in [1.29, 1.82) is 0 Å². The number of hydrogen-bond acceptors (Lipinski definition) is 4. The number of rotatable bonds is 7. The van der Waals surface area contributed by atoms with Crippen LogP contribution < -0.4 is 13.3 Å². The second kappa shape index (κ2) is 9.54. The molecule has 0 unspecified atom stereocenters. The maximum atomic E-state index is 6.31. The average Bonchev–Trinajstić information content (AvgIpc) is 2.63. The SMILES string of the molecule is COc1ccccc1N=C(C)/C=C(/C)[N]([Ge][Cl])c1ccccc1OC. The third-order valence-corrected chi connectivity index (χ3v) is 6.04. The van der Waals surface area contributed by atoms with E-state index in [0.29, 0.717) is 0 Å². The zero-order valence-corrected chi connectivity index (χ0v) is 17.6. The van der Waals surface area contributed by atoms with Crippen LogP contribution in [0.5, 0.6) is 11.5 Å². The Morgan fingerprint density at radius 1 is 1.00 bits per heavy atom. The molecule has 0 atom stereocenters. The maximum absolute atomic E-state index is 6.31. The number of allylic oxidation sites excluding steroid dienone is 2. The summed E-state index contributed by atoms with van der Waals surface area (Å²) in [6, 6.07) is 15.6. The monoisotopic (exact) mass is 418 g/mol. The van der Waals surface area contributed by atoms with Gasteiger partial charge in [-0.25, -0.2) is 0 Å². The third kappa shape index (κ3) is 5.03. The van der Waals surface area contributed by atoms with Crippen molar-refractivity contribution in [3.05, 3.63) is 60.3 Å². The summed E-state index contributed by atoms with van der Waals surface area (Å²) >= 11 is -0.866. The van der Waals surface area contributed by atoms with Gasteiger partial charge >= 0.3 is 160 Å². The van der Waals surface area contributed by atoms with Crippen LogP contribution in [0.15, 0.2) is 65.3 Å². The minimum atomic E-state index is -0.866. The van der Waals surface area contributed by atoms with Crippen LogP contribution in [0.4, 0.5) is 11.4 Å². The summed E-state index contributed by atoms with van der Waals surface area (Å²) < 4.78 is 12.9. The van der Waals surface area contributed by atoms with Gasteiger partial charge in [0.1, 0.15) is 0 Å². The molecular formula is C19H21ClGeN2O2. The summed E-state index contributed by atoms with van der Waals surface area (Å²) in [6.07, 6.45) is 2.02. The fourth-order valence-electron chi connectivity index (χ4n) is 2.43. The molecule has 0 fully saturated rings. The minimum absolute atomic E-state index is 0.750. The van der Waals surface area contributed by atoms with Crippen LogP contribution in [0.2, 0.25) is 0 Å². The molecule has 130 valence electrons. The van der Waals surface area contributed by atoms with E-state index in [4.69, 9.17) is 19.5 Å². The molecule has 0 aliphatic heterocycles. The molecule has 6 heteroatoms. The Balaban J connectivity index is 2.33. The van der Waals surface area contributed by atoms with Gasteiger partial charge < -0.3 is 0 Å². The van der Waals surface area contributed by atoms with Crippen LogP contribution in [0.25, 0.3) is 0 Å². The molecule has 0 saturated carbocycles. The molecule has 0 spiro atoms. The summed E-state index contributed by atoms with van der Waals surface area (Å²) in [4.78, 5) is 4.65. The first-order valence-electron chi connectivity index (χ1n) is 7.76. The van der Waals surface area contributed by atoms with Crippen molar-refractivity contribution < 1.29 is 9.47 Å². The molecule has 2 aromatic rings. The summed E-state index contributed by atoms with van der Waals surface area (Å²) in [6.45, 7) is 3.99. The fraction of sp³-hybridized carbons (Fsp3) is 0.211. The van der Waals surface area contributed by atoms with Crippen molar-refractivity contribution in [2.75, 3.05) is 18.1 Å².